The average Bonchev–Trinajstić information content (AvgIpc) is 3.18. The first-order valence-corrected chi connectivity index (χ1v) is 13.8. The Kier molecular flexibility index (Phi) is 5.96. The summed E-state index contributed by atoms with van der Waals surface area (Å²) in [6.07, 6.45) is -0.829. The lowest BCUT2D eigenvalue weighted by molar-refractivity contribution is -0.182. The Morgan fingerprint density at radius 2 is 1.38 bits per heavy atom. The molecule has 4 unspecified atom stereocenters. The van der Waals surface area contributed by atoms with Crippen molar-refractivity contribution in [2.45, 2.75) is 36.1 Å². The smallest absolute Gasteiger partial charge is 0.332 e. The lowest BCUT2D eigenvalue weighted by Gasteiger charge is -2.57. The summed E-state index contributed by atoms with van der Waals surface area (Å²) in [7, 11) is -1.86. The Balaban J connectivity index is 1.32. The first kappa shape index (κ1) is 25.1. The van der Waals surface area contributed by atoms with Crippen molar-refractivity contribution < 1.29 is 33.2 Å². The van der Waals surface area contributed by atoms with E-state index in [-0.39, 0.29) is 16.9 Å². The number of hydrogen-bond acceptors (Lipinski definition) is 7. The molecule has 2 fully saturated rings. The molecule has 1 N–H and O–H groups in total. The van der Waals surface area contributed by atoms with Crippen LogP contribution < -0.4 is 0 Å². The zero-order chi connectivity index (χ0) is 27.5. The van der Waals surface area contributed by atoms with Gasteiger partial charge >= 0.3 is 5.97 Å². The number of carbonyl (C=O) groups excluding carboxylic acids is 4. The number of hydrogen-bond donors (Lipinski definition) is 1. The van der Waals surface area contributed by atoms with Gasteiger partial charge in [0.25, 0.3) is 17.7 Å². The molecule has 0 aliphatic carbocycles. The molecule has 0 radical (unpaired) electrons. The van der Waals surface area contributed by atoms with Crippen LogP contribution in [0.3, 0.4) is 0 Å². The zero-order valence-corrected chi connectivity index (χ0v) is 21.6. The van der Waals surface area contributed by atoms with Gasteiger partial charge in [0.2, 0.25) is 0 Å². The fraction of sp³-hybridized carbons (Fsp3) is 0.241. The van der Waals surface area contributed by atoms with Crippen LogP contribution in [-0.2, 0) is 25.1 Å². The number of rotatable bonds is 5. The van der Waals surface area contributed by atoms with Crippen LogP contribution in [0.1, 0.15) is 44.9 Å². The van der Waals surface area contributed by atoms with Crippen molar-refractivity contribution in [2.75, 3.05) is 5.75 Å². The molecule has 39 heavy (non-hydrogen) atoms. The van der Waals surface area contributed by atoms with E-state index in [1.54, 1.807) is 60.7 Å². The molecule has 0 saturated carbocycles. The summed E-state index contributed by atoms with van der Waals surface area (Å²) in [5.41, 5.74) is -0.185. The van der Waals surface area contributed by atoms with Gasteiger partial charge in [-0.1, -0.05) is 72.8 Å². The van der Waals surface area contributed by atoms with Crippen molar-refractivity contribution in [3.8, 4) is 0 Å². The molecule has 0 spiro atoms. The summed E-state index contributed by atoms with van der Waals surface area (Å²) in [6, 6.07) is 21.5. The minimum atomic E-state index is -1.88. The normalized spacial score (nSPS) is 27.7. The highest BCUT2D eigenvalue weighted by Gasteiger charge is 2.67. The van der Waals surface area contributed by atoms with Gasteiger partial charge in [-0.25, -0.2) is 4.79 Å². The Morgan fingerprint density at radius 1 is 0.897 bits per heavy atom. The lowest BCUT2D eigenvalue weighted by Crippen LogP contribution is -2.82. The number of nitrogens with zero attached hydrogens (tertiary/aromatic N) is 2. The second kappa shape index (κ2) is 9.25. The van der Waals surface area contributed by atoms with E-state index in [9.17, 15) is 28.5 Å². The number of amides is 3. The van der Waals surface area contributed by atoms with Gasteiger partial charge < -0.3 is 14.7 Å². The van der Waals surface area contributed by atoms with E-state index in [4.69, 9.17) is 4.74 Å². The van der Waals surface area contributed by atoms with Crippen molar-refractivity contribution in [1.29, 1.82) is 0 Å². The summed E-state index contributed by atoms with van der Waals surface area (Å²) in [6.45, 7) is 1.33. The van der Waals surface area contributed by atoms with E-state index in [0.29, 0.717) is 11.1 Å². The highest BCUT2D eigenvalue weighted by Crippen LogP contribution is 2.42. The molecule has 10 heteroatoms. The minimum Gasteiger partial charge on any atom is -0.451 e. The number of β-lactam (4-membered cyclic amide) rings is 1. The number of carbonyl (C=O) groups is 4. The molecular formula is C29H24N2O7S. The van der Waals surface area contributed by atoms with E-state index >= 15 is 0 Å². The maximum Gasteiger partial charge on any atom is 0.332 e. The van der Waals surface area contributed by atoms with Gasteiger partial charge in [-0.3, -0.25) is 23.5 Å². The van der Waals surface area contributed by atoms with Gasteiger partial charge in [0.1, 0.15) is 11.0 Å². The Morgan fingerprint density at radius 3 is 1.90 bits per heavy atom. The number of benzene rings is 3. The van der Waals surface area contributed by atoms with Crippen LogP contribution >= 0.6 is 0 Å². The number of ether oxygens (including phenoxy) is 1. The Hall–Kier alpha value is -4.15. The SMILES string of the molecule is CC1(O)CS(=O)[C@H]2C(N3C(=O)c4ccccc4C3=O)C(=O)N2C1C(=O)OC(c1ccccc1)c1ccccc1. The summed E-state index contributed by atoms with van der Waals surface area (Å²) < 4.78 is 19.2. The van der Waals surface area contributed by atoms with E-state index < -0.39 is 63.7 Å². The highest BCUT2D eigenvalue weighted by molar-refractivity contribution is 7.86. The first-order chi connectivity index (χ1) is 18.7. The van der Waals surface area contributed by atoms with Gasteiger partial charge in [-0.15, -0.1) is 0 Å². The van der Waals surface area contributed by atoms with Crippen LogP contribution in [0.2, 0.25) is 0 Å². The van der Waals surface area contributed by atoms with Gasteiger partial charge in [0.05, 0.1) is 16.9 Å². The van der Waals surface area contributed by atoms with Crippen LogP contribution in [0.5, 0.6) is 0 Å². The molecule has 3 aliphatic heterocycles. The molecule has 6 rings (SSSR count). The van der Waals surface area contributed by atoms with Crippen LogP contribution in [-0.4, -0.2) is 71.6 Å². The quantitative estimate of drug-likeness (QED) is 0.296. The fourth-order valence-corrected chi connectivity index (χ4v) is 7.51. The number of esters is 1. The molecular weight excluding hydrogens is 520 g/mol. The third-order valence-electron chi connectivity index (χ3n) is 7.39. The molecule has 3 amide bonds. The summed E-state index contributed by atoms with van der Waals surface area (Å²) in [5.74, 6) is -3.29. The third-order valence-corrected chi connectivity index (χ3v) is 9.28. The lowest BCUT2D eigenvalue weighted by atomic mass is 9.90. The summed E-state index contributed by atoms with van der Waals surface area (Å²) in [5, 5.41) is 10.1. The summed E-state index contributed by atoms with van der Waals surface area (Å²) >= 11 is 0. The number of imide groups is 1. The topological polar surface area (TPSA) is 121 Å². The monoisotopic (exact) mass is 544 g/mol. The van der Waals surface area contributed by atoms with Crippen LogP contribution in [0.4, 0.5) is 0 Å². The second-order valence-electron chi connectivity index (χ2n) is 10.0. The van der Waals surface area contributed by atoms with Crippen molar-refractivity contribution in [3.05, 3.63) is 107 Å². The zero-order valence-electron chi connectivity index (χ0n) is 20.8. The van der Waals surface area contributed by atoms with E-state index in [1.165, 1.54) is 19.1 Å². The molecule has 3 aromatic rings. The van der Waals surface area contributed by atoms with Gasteiger partial charge in [-0.05, 0) is 30.2 Å². The molecule has 198 valence electrons. The molecule has 0 bridgehead atoms. The third kappa shape index (κ3) is 3.90. The standard InChI is InChI=1S/C29H24N2O7S/c1-29(36)16-39(37)27-21(30-24(32)19-14-8-9-15-20(19)25(30)33)26(34)31(27)23(29)28(35)38-22(17-10-4-2-5-11-17)18-12-6-3-7-13-18/h2-15,21-23,27,36H,16H2,1H3/t21?,23?,27-,29?,39?/m0/s1. The van der Waals surface area contributed by atoms with E-state index in [0.717, 1.165) is 9.80 Å². The number of fused-ring (bicyclic) bond motifs is 2. The second-order valence-corrected chi connectivity index (χ2v) is 11.6. The van der Waals surface area contributed by atoms with Crippen LogP contribution in [0, 0.1) is 0 Å². The molecule has 2 saturated heterocycles. The maximum absolute atomic E-state index is 13.7. The molecule has 3 aromatic carbocycles. The largest absolute Gasteiger partial charge is 0.451 e. The average molecular weight is 545 g/mol. The van der Waals surface area contributed by atoms with Crippen molar-refractivity contribution in [3.63, 3.8) is 0 Å². The van der Waals surface area contributed by atoms with Gasteiger partial charge in [0, 0.05) is 10.8 Å². The molecule has 3 aliphatic rings. The fourth-order valence-electron chi connectivity index (χ4n) is 5.60. The van der Waals surface area contributed by atoms with Crippen molar-refractivity contribution >= 4 is 34.5 Å². The van der Waals surface area contributed by atoms with Crippen molar-refractivity contribution in [1.82, 2.24) is 9.80 Å². The van der Waals surface area contributed by atoms with E-state index in [1.807, 2.05) is 12.1 Å². The minimum absolute atomic E-state index is 0.159. The van der Waals surface area contributed by atoms with Crippen LogP contribution in [0.25, 0.3) is 0 Å². The molecule has 9 nitrogen and oxygen atoms in total. The van der Waals surface area contributed by atoms with Gasteiger partial charge in [-0.2, -0.15) is 0 Å². The van der Waals surface area contributed by atoms with Crippen LogP contribution in [0.15, 0.2) is 84.9 Å². The molecule has 0 aromatic heterocycles. The summed E-state index contributed by atoms with van der Waals surface area (Å²) in [4.78, 5) is 55.2. The first-order valence-electron chi connectivity index (χ1n) is 12.4. The van der Waals surface area contributed by atoms with Crippen molar-refractivity contribution in [2.24, 2.45) is 0 Å². The maximum atomic E-state index is 13.7. The predicted octanol–water partition coefficient (Wildman–Crippen LogP) is 2.03. The molecule has 3 heterocycles. The van der Waals surface area contributed by atoms with E-state index in [2.05, 4.69) is 0 Å². The Labute approximate surface area is 226 Å². The Bertz CT molecular complexity index is 1450. The highest BCUT2D eigenvalue weighted by atomic mass is 32.2. The molecule has 5 atom stereocenters. The predicted molar refractivity (Wildman–Crippen MR) is 140 cm³/mol. The number of aliphatic hydroxyl groups is 1. The van der Waals surface area contributed by atoms with Gasteiger partial charge in [0.15, 0.2) is 18.2 Å².